The summed E-state index contributed by atoms with van der Waals surface area (Å²) in [6, 6.07) is 18.8. The second kappa shape index (κ2) is 9.66. The van der Waals surface area contributed by atoms with Gasteiger partial charge in [-0.1, -0.05) is 24.3 Å². The number of hydrogen-bond acceptors (Lipinski definition) is 5. The van der Waals surface area contributed by atoms with Crippen molar-refractivity contribution in [2.45, 2.75) is 26.8 Å². The molecule has 34 heavy (non-hydrogen) atoms. The van der Waals surface area contributed by atoms with Crippen LogP contribution in [0.15, 0.2) is 60.7 Å². The van der Waals surface area contributed by atoms with Crippen molar-refractivity contribution in [3.05, 3.63) is 77.4 Å². The van der Waals surface area contributed by atoms with Gasteiger partial charge in [0.05, 0.1) is 22.1 Å². The molecule has 0 fully saturated rings. The molecule has 4 rings (SSSR count). The number of rotatable bonds is 7. The van der Waals surface area contributed by atoms with Crippen LogP contribution < -0.4 is 14.4 Å². The Bertz CT molecular complexity index is 1440. The predicted molar refractivity (Wildman–Crippen MR) is 137 cm³/mol. The second-order valence-corrected chi connectivity index (χ2v) is 10.0. The zero-order valence-electron chi connectivity index (χ0n) is 18.9. The molecule has 176 valence electrons. The van der Waals surface area contributed by atoms with E-state index in [1.54, 1.807) is 0 Å². The number of carbonyl (C=O) groups is 1. The highest BCUT2D eigenvalue weighted by molar-refractivity contribution is 7.85. The molecular formula is C25H26N2O5PS+. The molecule has 1 atom stereocenters. The molecule has 0 aliphatic heterocycles. The van der Waals surface area contributed by atoms with Crippen LogP contribution in [0.1, 0.15) is 27.9 Å². The van der Waals surface area contributed by atoms with Crippen molar-refractivity contribution in [2.75, 3.05) is 10.8 Å². The minimum Gasteiger partial charge on any atom is -0.422 e. The maximum Gasteiger partial charge on any atom is 0.345 e. The number of pyridine rings is 1. The summed E-state index contributed by atoms with van der Waals surface area (Å²) in [5.74, 6) is -0.283. The molecule has 0 saturated heterocycles. The van der Waals surface area contributed by atoms with E-state index in [4.69, 9.17) is 9.29 Å². The van der Waals surface area contributed by atoms with Gasteiger partial charge in [0, 0.05) is 24.2 Å². The zero-order valence-corrected chi connectivity index (χ0v) is 20.9. The molecule has 0 amide bonds. The van der Waals surface area contributed by atoms with Gasteiger partial charge in [-0.2, -0.15) is 13.0 Å². The fourth-order valence-corrected chi connectivity index (χ4v) is 4.98. The smallest absolute Gasteiger partial charge is 0.345 e. The first-order valence-corrected chi connectivity index (χ1v) is 13.0. The number of esters is 1. The van der Waals surface area contributed by atoms with Crippen LogP contribution in [0.25, 0.3) is 21.8 Å². The van der Waals surface area contributed by atoms with Crippen LogP contribution >= 0.6 is 9.39 Å². The van der Waals surface area contributed by atoms with Gasteiger partial charge in [0.1, 0.15) is 5.75 Å². The van der Waals surface area contributed by atoms with Crippen molar-refractivity contribution < 1.29 is 27.1 Å². The molecule has 3 aromatic carbocycles. The number of para-hydroxylation sites is 2. The van der Waals surface area contributed by atoms with Crippen molar-refractivity contribution >= 4 is 53.0 Å². The summed E-state index contributed by atoms with van der Waals surface area (Å²) >= 11 is 0. The number of nitrogens with one attached hydrogen (secondary N) is 1. The lowest BCUT2D eigenvalue weighted by Gasteiger charge is -2.15. The van der Waals surface area contributed by atoms with E-state index >= 15 is 0 Å². The highest BCUT2D eigenvalue weighted by atomic mass is 32.2. The van der Waals surface area contributed by atoms with E-state index in [1.807, 2.05) is 79.1 Å². The molecule has 0 aliphatic rings. The van der Waals surface area contributed by atoms with Crippen molar-refractivity contribution in [2.24, 2.45) is 0 Å². The Morgan fingerprint density at radius 1 is 1.00 bits per heavy atom. The van der Waals surface area contributed by atoms with Crippen LogP contribution in [0.3, 0.4) is 0 Å². The first-order valence-electron chi connectivity index (χ1n) is 10.8. The van der Waals surface area contributed by atoms with Gasteiger partial charge in [-0.3, -0.25) is 4.55 Å². The van der Waals surface area contributed by atoms with E-state index in [0.29, 0.717) is 28.6 Å². The lowest BCUT2D eigenvalue weighted by Crippen LogP contribution is -2.37. The normalized spacial score (nSPS) is 11.6. The van der Waals surface area contributed by atoms with Gasteiger partial charge in [0.25, 0.3) is 10.1 Å². The summed E-state index contributed by atoms with van der Waals surface area (Å²) in [7, 11) is -1.61. The van der Waals surface area contributed by atoms with Gasteiger partial charge >= 0.3 is 5.97 Å². The highest BCUT2D eigenvalue weighted by Crippen LogP contribution is 2.31. The van der Waals surface area contributed by atoms with E-state index < -0.39 is 16.1 Å². The Kier molecular flexibility index (Phi) is 6.84. The Hall–Kier alpha value is -3.06. The molecular weight excluding hydrogens is 471 g/mol. The van der Waals surface area contributed by atoms with E-state index in [0.717, 1.165) is 27.8 Å². The van der Waals surface area contributed by atoms with Gasteiger partial charge in [-0.15, -0.1) is 0 Å². The van der Waals surface area contributed by atoms with Crippen molar-refractivity contribution in [3.8, 4) is 5.75 Å². The second-order valence-electron chi connectivity index (χ2n) is 8.17. The third-order valence-electron chi connectivity index (χ3n) is 5.74. The van der Waals surface area contributed by atoms with Gasteiger partial charge in [-0.05, 0) is 58.6 Å². The lowest BCUT2D eigenvalue weighted by molar-refractivity contribution is -0.645. The number of aryl methyl sites for hydroxylation is 3. The summed E-state index contributed by atoms with van der Waals surface area (Å²) in [6.07, 6.45) is 0.232. The van der Waals surface area contributed by atoms with Crippen LogP contribution in [0.2, 0.25) is 0 Å². The predicted octanol–water partition coefficient (Wildman–Crippen LogP) is 4.60. The number of carbonyl (C=O) groups excluding carboxylic acids is 1. The van der Waals surface area contributed by atoms with Crippen molar-refractivity contribution in [1.82, 2.24) is 0 Å². The quantitative estimate of drug-likeness (QED) is 0.0968. The third kappa shape index (κ3) is 4.89. The average molecular weight is 498 g/mol. The molecule has 0 bridgehead atoms. The van der Waals surface area contributed by atoms with E-state index in [1.165, 1.54) is 0 Å². The summed E-state index contributed by atoms with van der Waals surface area (Å²) in [5.41, 5.74) is 4.58. The number of aromatic nitrogens is 1. The largest absolute Gasteiger partial charge is 0.422 e. The van der Waals surface area contributed by atoms with Gasteiger partial charge in [0.15, 0.2) is 6.54 Å². The highest BCUT2D eigenvalue weighted by Gasteiger charge is 2.26. The maximum absolute atomic E-state index is 13.6. The number of nitrogens with zero attached hydrogens (tertiary/aromatic N) is 1. The number of hydrogen-bond donors (Lipinski definition) is 2. The molecule has 7 nitrogen and oxygen atoms in total. The number of fused-ring (bicyclic) bond motifs is 2. The molecule has 9 heteroatoms. The summed E-state index contributed by atoms with van der Waals surface area (Å²) in [4.78, 5) is 13.6. The number of benzene rings is 3. The molecule has 0 saturated carbocycles. The topological polar surface area (TPSA) is 96.6 Å². The maximum atomic E-state index is 13.6. The Morgan fingerprint density at radius 2 is 1.53 bits per heavy atom. The molecule has 0 aliphatic carbocycles. The van der Waals surface area contributed by atoms with Crippen LogP contribution in [0.5, 0.6) is 5.75 Å². The summed E-state index contributed by atoms with van der Waals surface area (Å²) < 4.78 is 39.6. The van der Waals surface area contributed by atoms with Crippen LogP contribution in [-0.2, 0) is 16.7 Å². The monoisotopic (exact) mass is 497 g/mol. The molecule has 2 N–H and O–H groups in total. The van der Waals surface area contributed by atoms with Crippen molar-refractivity contribution in [3.63, 3.8) is 0 Å². The fourth-order valence-electron chi connectivity index (χ4n) is 4.32. The van der Waals surface area contributed by atoms with E-state index in [2.05, 4.69) is 14.5 Å². The SMILES string of the molecule is Cc1cc(NP)cc(C)c1OC(=O)c1c2ccccc2[n+](CCCS(=O)(=O)O)c2ccccc12. The molecule has 0 radical (unpaired) electrons. The first kappa shape index (κ1) is 24.1. The van der Waals surface area contributed by atoms with E-state index in [9.17, 15) is 13.2 Å². The standard InChI is InChI=1S/C25H25N2O5PS/c1-16-14-18(26-33)15-17(2)24(16)32-25(28)23-19-8-3-5-10-21(19)27(12-7-13-34(29,30)31)22-11-6-4-9-20(22)23/h3-6,8-11,14-15,26H,7,12-13,33H2,1-2H3/p+1. The van der Waals surface area contributed by atoms with Gasteiger partial charge in [-0.25, -0.2) is 4.79 Å². The first-order chi connectivity index (χ1) is 16.2. The Morgan fingerprint density at radius 3 is 2.03 bits per heavy atom. The van der Waals surface area contributed by atoms with Gasteiger partial charge < -0.3 is 9.82 Å². The van der Waals surface area contributed by atoms with E-state index in [-0.39, 0.29) is 12.2 Å². The Labute approximate surface area is 200 Å². The summed E-state index contributed by atoms with van der Waals surface area (Å²) in [6.45, 7) is 4.15. The van der Waals surface area contributed by atoms with Crippen LogP contribution in [0, 0.1) is 13.8 Å². The van der Waals surface area contributed by atoms with Crippen LogP contribution in [0.4, 0.5) is 5.69 Å². The molecule has 1 aromatic heterocycles. The fraction of sp³-hybridized carbons (Fsp3) is 0.200. The molecule has 1 heterocycles. The average Bonchev–Trinajstić information content (AvgIpc) is 2.80. The van der Waals surface area contributed by atoms with Crippen LogP contribution in [-0.4, -0.2) is 24.7 Å². The minimum absolute atomic E-state index is 0.232. The lowest BCUT2D eigenvalue weighted by atomic mass is 10.0. The van der Waals surface area contributed by atoms with Crippen molar-refractivity contribution in [1.29, 1.82) is 0 Å². The molecule has 1 unspecified atom stereocenters. The zero-order chi connectivity index (χ0) is 24.5. The van der Waals surface area contributed by atoms with Gasteiger partial charge in [0.2, 0.25) is 11.0 Å². The third-order valence-corrected chi connectivity index (χ3v) is 6.88. The molecule has 0 spiro atoms. The molecule has 4 aromatic rings. The number of ether oxygens (including phenoxy) is 1. The minimum atomic E-state index is -4.06. The summed E-state index contributed by atoms with van der Waals surface area (Å²) in [5, 5.41) is 4.43. The Balaban J connectivity index is 1.85. The number of anilines is 1.